The maximum absolute atomic E-state index is 12.0. The number of aromatic nitrogens is 5. The lowest BCUT2D eigenvalue weighted by Gasteiger charge is -1.99. The highest BCUT2D eigenvalue weighted by atomic mass is 79.9. The summed E-state index contributed by atoms with van der Waals surface area (Å²) in [6, 6.07) is 3.64. The third-order valence-corrected chi connectivity index (χ3v) is 3.87. The van der Waals surface area contributed by atoms with E-state index >= 15 is 0 Å². The van der Waals surface area contributed by atoms with Gasteiger partial charge in [-0.05, 0) is 48.3 Å². The average Bonchev–Trinajstić information content (AvgIpc) is 3.01. The van der Waals surface area contributed by atoms with Crippen LogP contribution in [0.25, 0.3) is 11.5 Å². The minimum absolute atomic E-state index is 0.258. The molecule has 114 valence electrons. The maximum atomic E-state index is 12.0. The van der Waals surface area contributed by atoms with Crippen LogP contribution < -0.4 is 5.69 Å². The Hall–Kier alpha value is -2.22. The fraction of sp³-hybridized carbons (Fsp3) is 0.286. The minimum atomic E-state index is -0.258. The van der Waals surface area contributed by atoms with Gasteiger partial charge in [-0.25, -0.2) is 9.48 Å². The molecule has 0 aliphatic rings. The molecule has 0 aromatic carbocycles. The molecule has 0 aliphatic carbocycles. The number of nitrogens with one attached hydrogen (secondary N) is 1. The highest BCUT2D eigenvalue weighted by molar-refractivity contribution is 9.10. The van der Waals surface area contributed by atoms with Crippen molar-refractivity contribution in [2.45, 2.75) is 26.8 Å². The lowest BCUT2D eigenvalue weighted by atomic mass is 10.1. The number of hydrogen-bond acceptors (Lipinski definition) is 5. The molecule has 1 N–H and O–H groups in total. The Labute approximate surface area is 134 Å². The molecule has 22 heavy (non-hydrogen) atoms. The highest BCUT2D eigenvalue weighted by Gasteiger charge is 2.12. The molecule has 3 aromatic rings. The molecule has 0 spiro atoms. The van der Waals surface area contributed by atoms with Crippen LogP contribution in [0.4, 0.5) is 0 Å². The summed E-state index contributed by atoms with van der Waals surface area (Å²) in [5.41, 5.74) is 2.22. The number of nitrogens with zero attached hydrogens (tertiary/aromatic N) is 4. The largest absolute Gasteiger partial charge is 0.361 e. The fourth-order valence-electron chi connectivity index (χ4n) is 2.22. The lowest BCUT2D eigenvalue weighted by molar-refractivity contribution is 0.392. The summed E-state index contributed by atoms with van der Waals surface area (Å²) in [6.45, 7) is 4.20. The predicted molar refractivity (Wildman–Crippen MR) is 83.5 cm³/mol. The van der Waals surface area contributed by atoms with E-state index < -0.39 is 0 Å². The van der Waals surface area contributed by atoms with Crippen molar-refractivity contribution in [3.63, 3.8) is 0 Å². The van der Waals surface area contributed by atoms with Gasteiger partial charge in [-0.1, -0.05) is 5.16 Å². The average molecular weight is 364 g/mol. The summed E-state index contributed by atoms with van der Waals surface area (Å²) < 4.78 is 7.39. The molecule has 0 unspecified atom stereocenters. The van der Waals surface area contributed by atoms with E-state index in [1.54, 1.807) is 12.3 Å². The molecular weight excluding hydrogens is 350 g/mol. The van der Waals surface area contributed by atoms with Crippen molar-refractivity contribution >= 4 is 15.9 Å². The molecule has 3 rings (SSSR count). The standard InChI is InChI=1S/C14H14BrN5O2/c1-8-11(9(2)22-19-8)5-6-20-14(21)17-13(18-20)12-4-3-10(15)7-16-12/h3-4,7H,5-6H2,1-2H3,(H,17,18,21). The van der Waals surface area contributed by atoms with E-state index in [1.165, 1.54) is 4.68 Å². The van der Waals surface area contributed by atoms with E-state index in [0.717, 1.165) is 21.5 Å². The van der Waals surface area contributed by atoms with Gasteiger partial charge in [0.2, 0.25) is 0 Å². The highest BCUT2D eigenvalue weighted by Crippen LogP contribution is 2.15. The summed E-state index contributed by atoms with van der Waals surface area (Å²) >= 11 is 3.32. The van der Waals surface area contributed by atoms with E-state index in [4.69, 9.17) is 4.52 Å². The molecule has 0 bridgehead atoms. The van der Waals surface area contributed by atoms with Crippen LogP contribution >= 0.6 is 15.9 Å². The van der Waals surface area contributed by atoms with Crippen LogP contribution in [0.15, 0.2) is 32.1 Å². The third kappa shape index (κ3) is 2.87. The topological polar surface area (TPSA) is 89.6 Å². The second-order valence-electron chi connectivity index (χ2n) is 4.92. The molecule has 7 nitrogen and oxygen atoms in total. The number of rotatable bonds is 4. The van der Waals surface area contributed by atoms with Crippen LogP contribution in [0.2, 0.25) is 0 Å². The zero-order valence-electron chi connectivity index (χ0n) is 12.1. The fourth-order valence-corrected chi connectivity index (χ4v) is 2.45. The summed E-state index contributed by atoms with van der Waals surface area (Å²) in [7, 11) is 0. The van der Waals surface area contributed by atoms with Gasteiger partial charge in [0, 0.05) is 16.2 Å². The molecule has 0 atom stereocenters. The second-order valence-corrected chi connectivity index (χ2v) is 5.83. The molecular formula is C14H14BrN5O2. The van der Waals surface area contributed by atoms with E-state index in [2.05, 4.69) is 36.2 Å². The molecule has 3 heterocycles. The quantitative estimate of drug-likeness (QED) is 0.767. The first kappa shape index (κ1) is 14.7. The number of halogens is 1. The van der Waals surface area contributed by atoms with Crippen LogP contribution in [-0.4, -0.2) is 24.9 Å². The van der Waals surface area contributed by atoms with E-state index in [9.17, 15) is 4.79 Å². The lowest BCUT2D eigenvalue weighted by Crippen LogP contribution is -2.19. The number of aromatic amines is 1. The van der Waals surface area contributed by atoms with Crippen molar-refractivity contribution in [3.8, 4) is 11.5 Å². The van der Waals surface area contributed by atoms with Crippen LogP contribution in [0.3, 0.4) is 0 Å². The van der Waals surface area contributed by atoms with Gasteiger partial charge in [0.05, 0.1) is 12.2 Å². The van der Waals surface area contributed by atoms with E-state index in [-0.39, 0.29) is 5.69 Å². The minimum Gasteiger partial charge on any atom is -0.361 e. The number of H-pyrrole nitrogens is 1. The zero-order chi connectivity index (χ0) is 15.7. The van der Waals surface area contributed by atoms with Crippen LogP contribution in [0.5, 0.6) is 0 Å². The Morgan fingerprint density at radius 3 is 2.82 bits per heavy atom. The van der Waals surface area contributed by atoms with Crippen molar-refractivity contribution < 1.29 is 4.52 Å². The zero-order valence-corrected chi connectivity index (χ0v) is 13.7. The van der Waals surface area contributed by atoms with Crippen molar-refractivity contribution in [3.05, 3.63) is 50.3 Å². The maximum Gasteiger partial charge on any atom is 0.343 e. The number of pyridine rings is 1. The molecule has 8 heteroatoms. The molecule has 0 fully saturated rings. The first-order chi connectivity index (χ1) is 10.5. The SMILES string of the molecule is Cc1noc(C)c1CCn1nc(-c2ccc(Br)cn2)[nH]c1=O. The Kier molecular flexibility index (Phi) is 3.93. The van der Waals surface area contributed by atoms with Gasteiger partial charge in [-0.3, -0.25) is 9.97 Å². The van der Waals surface area contributed by atoms with Gasteiger partial charge in [0.25, 0.3) is 0 Å². The van der Waals surface area contributed by atoms with Gasteiger partial charge < -0.3 is 4.52 Å². The Morgan fingerprint density at radius 2 is 2.18 bits per heavy atom. The first-order valence-electron chi connectivity index (χ1n) is 6.75. The molecule has 0 saturated carbocycles. The number of aryl methyl sites for hydroxylation is 3. The normalized spacial score (nSPS) is 11.0. The van der Waals surface area contributed by atoms with E-state index in [0.29, 0.717) is 24.5 Å². The summed E-state index contributed by atoms with van der Waals surface area (Å²) in [4.78, 5) is 18.9. The van der Waals surface area contributed by atoms with Crippen LogP contribution in [-0.2, 0) is 13.0 Å². The smallest absolute Gasteiger partial charge is 0.343 e. The Balaban J connectivity index is 1.81. The van der Waals surface area contributed by atoms with Gasteiger partial charge in [-0.2, -0.15) is 0 Å². The summed E-state index contributed by atoms with van der Waals surface area (Å²) in [5.74, 6) is 1.23. The third-order valence-electron chi connectivity index (χ3n) is 3.41. The molecule has 0 aliphatic heterocycles. The summed E-state index contributed by atoms with van der Waals surface area (Å²) in [6.07, 6.45) is 2.30. The van der Waals surface area contributed by atoms with Crippen LogP contribution in [0.1, 0.15) is 17.0 Å². The summed E-state index contributed by atoms with van der Waals surface area (Å²) in [5, 5.41) is 8.20. The van der Waals surface area contributed by atoms with Gasteiger partial charge in [0.1, 0.15) is 11.5 Å². The van der Waals surface area contributed by atoms with Gasteiger partial charge in [0.15, 0.2) is 5.82 Å². The molecule has 0 amide bonds. The van der Waals surface area contributed by atoms with Gasteiger partial charge in [-0.15, -0.1) is 5.10 Å². The van der Waals surface area contributed by atoms with Crippen LogP contribution in [0, 0.1) is 13.8 Å². The molecule has 3 aromatic heterocycles. The van der Waals surface area contributed by atoms with Crippen molar-refractivity contribution in [1.82, 2.24) is 24.9 Å². The second kappa shape index (κ2) is 5.88. The number of hydrogen-bond donors (Lipinski definition) is 1. The van der Waals surface area contributed by atoms with Crippen molar-refractivity contribution in [2.24, 2.45) is 0 Å². The monoisotopic (exact) mass is 363 g/mol. The Morgan fingerprint density at radius 1 is 1.36 bits per heavy atom. The Bertz CT molecular complexity index is 827. The first-order valence-corrected chi connectivity index (χ1v) is 7.54. The molecule has 0 radical (unpaired) electrons. The van der Waals surface area contributed by atoms with Gasteiger partial charge >= 0.3 is 5.69 Å². The van der Waals surface area contributed by atoms with E-state index in [1.807, 2.05) is 19.9 Å². The predicted octanol–water partition coefficient (Wildman–Crippen LogP) is 2.24. The van der Waals surface area contributed by atoms with Crippen molar-refractivity contribution in [1.29, 1.82) is 0 Å². The van der Waals surface area contributed by atoms with Crippen molar-refractivity contribution in [2.75, 3.05) is 0 Å². The molecule has 0 saturated heterocycles.